The van der Waals surface area contributed by atoms with Crippen LogP contribution in [0.5, 0.6) is 0 Å². The summed E-state index contributed by atoms with van der Waals surface area (Å²) >= 11 is 0. The Morgan fingerprint density at radius 3 is 2.29 bits per heavy atom. The Kier molecular flexibility index (Phi) is 7.80. The Balaban J connectivity index is 1.52. The van der Waals surface area contributed by atoms with Crippen LogP contribution in [0.4, 0.5) is 4.39 Å². The molecule has 6 nitrogen and oxygen atoms in total. The second-order valence-corrected chi connectivity index (χ2v) is 10.1. The molecule has 0 saturated carbocycles. The first-order chi connectivity index (χ1) is 14.8. The first-order valence-electron chi connectivity index (χ1n) is 10.5. The van der Waals surface area contributed by atoms with Crippen molar-refractivity contribution < 1.29 is 17.6 Å². The lowest BCUT2D eigenvalue weighted by molar-refractivity contribution is -0.126. The van der Waals surface area contributed by atoms with E-state index in [9.17, 15) is 17.6 Å². The molecular formula is C23H30FN3O3S. The second kappa shape index (κ2) is 10.3. The molecule has 1 amide bonds. The summed E-state index contributed by atoms with van der Waals surface area (Å²) in [5.74, 6) is -0.712. The number of rotatable bonds is 8. The highest BCUT2D eigenvalue weighted by atomic mass is 32.2. The van der Waals surface area contributed by atoms with E-state index in [0.29, 0.717) is 19.4 Å². The molecule has 168 valence electrons. The van der Waals surface area contributed by atoms with Gasteiger partial charge in [-0.1, -0.05) is 30.3 Å². The molecule has 0 aromatic heterocycles. The van der Waals surface area contributed by atoms with Gasteiger partial charge < -0.3 is 10.2 Å². The molecule has 3 rings (SSSR count). The molecule has 0 spiro atoms. The minimum atomic E-state index is -3.67. The number of likely N-dealkylation sites (N-methyl/N-ethyl adjacent to an activating group) is 1. The number of carbonyl (C=O) groups excluding carboxylic acids is 1. The van der Waals surface area contributed by atoms with Gasteiger partial charge in [-0.25, -0.2) is 12.8 Å². The van der Waals surface area contributed by atoms with Crippen LogP contribution in [0.2, 0.25) is 0 Å². The van der Waals surface area contributed by atoms with Crippen LogP contribution in [0.15, 0.2) is 59.5 Å². The van der Waals surface area contributed by atoms with E-state index in [-0.39, 0.29) is 35.9 Å². The number of halogens is 1. The molecular weight excluding hydrogens is 417 g/mol. The van der Waals surface area contributed by atoms with E-state index in [0.717, 1.165) is 18.6 Å². The van der Waals surface area contributed by atoms with Gasteiger partial charge >= 0.3 is 0 Å². The lowest BCUT2D eigenvalue weighted by atomic mass is 9.97. The topological polar surface area (TPSA) is 69.7 Å². The minimum Gasteiger partial charge on any atom is -0.354 e. The maximum atomic E-state index is 13.1. The van der Waals surface area contributed by atoms with Gasteiger partial charge in [-0.15, -0.1) is 0 Å². The molecule has 1 saturated heterocycles. The number of amides is 1. The van der Waals surface area contributed by atoms with E-state index in [4.69, 9.17) is 0 Å². The first kappa shape index (κ1) is 23.4. The summed E-state index contributed by atoms with van der Waals surface area (Å²) in [5, 5.41) is 3.06. The Bertz CT molecular complexity index is 957. The van der Waals surface area contributed by atoms with Crippen molar-refractivity contribution in [2.24, 2.45) is 5.92 Å². The van der Waals surface area contributed by atoms with Crippen LogP contribution in [0, 0.1) is 11.7 Å². The first-order valence-corrected chi connectivity index (χ1v) is 11.9. The summed E-state index contributed by atoms with van der Waals surface area (Å²) in [4.78, 5) is 14.9. The molecule has 0 radical (unpaired) electrons. The summed E-state index contributed by atoms with van der Waals surface area (Å²) in [7, 11) is 0.326. The highest BCUT2D eigenvalue weighted by molar-refractivity contribution is 7.89. The summed E-state index contributed by atoms with van der Waals surface area (Å²) in [5.41, 5.74) is 1.22. The molecule has 1 aliphatic rings. The van der Waals surface area contributed by atoms with Crippen LogP contribution >= 0.6 is 0 Å². The average molecular weight is 448 g/mol. The normalized spacial score (nSPS) is 16.9. The minimum absolute atomic E-state index is 0.0289. The molecule has 1 heterocycles. The molecule has 1 aliphatic heterocycles. The van der Waals surface area contributed by atoms with Crippen LogP contribution in [-0.4, -0.2) is 63.3 Å². The van der Waals surface area contributed by atoms with Crippen LogP contribution < -0.4 is 5.32 Å². The third-order valence-corrected chi connectivity index (χ3v) is 7.75. The zero-order chi connectivity index (χ0) is 22.4. The predicted molar refractivity (Wildman–Crippen MR) is 119 cm³/mol. The van der Waals surface area contributed by atoms with Crippen LogP contribution in [0.1, 0.15) is 18.4 Å². The van der Waals surface area contributed by atoms with Gasteiger partial charge in [-0.05, 0) is 63.2 Å². The summed E-state index contributed by atoms with van der Waals surface area (Å²) in [6.45, 7) is 1.09. The fourth-order valence-electron chi connectivity index (χ4n) is 3.80. The lowest BCUT2D eigenvalue weighted by Gasteiger charge is -2.31. The third-order valence-electron chi connectivity index (χ3n) is 5.83. The maximum Gasteiger partial charge on any atom is 0.243 e. The standard InChI is InChI=1S/C23H30FN3O3S/c1-26(2)21(16-18-6-4-3-5-7-18)17-25-23(28)19-12-14-27(15-13-19)31(29,30)22-10-8-20(24)9-11-22/h3-11,19,21H,12-17H2,1-2H3,(H,25,28). The highest BCUT2D eigenvalue weighted by Gasteiger charge is 2.32. The molecule has 1 unspecified atom stereocenters. The summed E-state index contributed by atoms with van der Waals surface area (Å²) in [6.07, 6.45) is 1.78. The van der Waals surface area contributed by atoms with E-state index in [1.807, 2.05) is 32.3 Å². The number of benzene rings is 2. The Labute approximate surface area is 184 Å². The third kappa shape index (κ3) is 6.12. The average Bonchev–Trinajstić information content (AvgIpc) is 2.77. The molecule has 31 heavy (non-hydrogen) atoms. The zero-order valence-corrected chi connectivity index (χ0v) is 18.8. The van der Waals surface area contributed by atoms with Gasteiger partial charge in [-0.2, -0.15) is 4.31 Å². The fraction of sp³-hybridized carbons (Fsp3) is 0.435. The van der Waals surface area contributed by atoms with E-state index in [2.05, 4.69) is 22.3 Å². The number of hydrogen-bond donors (Lipinski definition) is 1. The number of carbonyl (C=O) groups is 1. The van der Waals surface area contributed by atoms with E-state index < -0.39 is 15.8 Å². The highest BCUT2D eigenvalue weighted by Crippen LogP contribution is 2.24. The lowest BCUT2D eigenvalue weighted by Crippen LogP contribution is -2.46. The molecule has 1 N–H and O–H groups in total. The molecule has 8 heteroatoms. The Hall–Kier alpha value is -2.29. The van der Waals surface area contributed by atoms with Gasteiger partial charge in [0.1, 0.15) is 5.82 Å². The van der Waals surface area contributed by atoms with Crippen LogP contribution in [-0.2, 0) is 21.2 Å². The van der Waals surface area contributed by atoms with Crippen molar-refractivity contribution in [1.29, 1.82) is 0 Å². The quantitative estimate of drug-likeness (QED) is 0.675. The van der Waals surface area contributed by atoms with Crippen molar-refractivity contribution in [3.8, 4) is 0 Å². The largest absolute Gasteiger partial charge is 0.354 e. The Morgan fingerprint density at radius 2 is 1.71 bits per heavy atom. The zero-order valence-electron chi connectivity index (χ0n) is 18.0. The molecule has 0 aliphatic carbocycles. The molecule has 2 aromatic rings. The molecule has 1 atom stereocenters. The number of piperidine rings is 1. The van der Waals surface area contributed by atoms with Crippen molar-refractivity contribution in [2.45, 2.75) is 30.2 Å². The molecule has 2 aromatic carbocycles. The van der Waals surface area contributed by atoms with Crippen molar-refractivity contribution >= 4 is 15.9 Å². The van der Waals surface area contributed by atoms with Gasteiger partial charge in [0.25, 0.3) is 0 Å². The van der Waals surface area contributed by atoms with Crippen LogP contribution in [0.3, 0.4) is 0 Å². The van der Waals surface area contributed by atoms with Gasteiger partial charge in [-0.3, -0.25) is 4.79 Å². The predicted octanol–water partition coefficient (Wildman–Crippen LogP) is 2.52. The van der Waals surface area contributed by atoms with Gasteiger partial charge in [0.15, 0.2) is 0 Å². The van der Waals surface area contributed by atoms with E-state index in [1.54, 1.807) is 0 Å². The van der Waals surface area contributed by atoms with Crippen molar-refractivity contribution in [1.82, 2.24) is 14.5 Å². The van der Waals surface area contributed by atoms with Crippen molar-refractivity contribution in [3.05, 3.63) is 66.0 Å². The molecule has 0 bridgehead atoms. The second-order valence-electron chi connectivity index (χ2n) is 8.18. The number of hydrogen-bond acceptors (Lipinski definition) is 4. The number of nitrogens with one attached hydrogen (secondary N) is 1. The van der Waals surface area contributed by atoms with E-state index >= 15 is 0 Å². The smallest absolute Gasteiger partial charge is 0.243 e. The monoisotopic (exact) mass is 447 g/mol. The maximum absolute atomic E-state index is 13.1. The SMILES string of the molecule is CN(C)C(CNC(=O)C1CCN(S(=O)(=O)c2ccc(F)cc2)CC1)Cc1ccccc1. The van der Waals surface area contributed by atoms with Crippen molar-refractivity contribution in [2.75, 3.05) is 33.7 Å². The van der Waals surface area contributed by atoms with Gasteiger partial charge in [0.2, 0.25) is 15.9 Å². The fourth-order valence-corrected chi connectivity index (χ4v) is 5.27. The van der Waals surface area contributed by atoms with Crippen molar-refractivity contribution in [3.63, 3.8) is 0 Å². The number of nitrogens with zero attached hydrogens (tertiary/aromatic N) is 2. The van der Waals surface area contributed by atoms with E-state index in [1.165, 1.54) is 22.0 Å². The summed E-state index contributed by atoms with van der Waals surface area (Å²) < 4.78 is 40.0. The van der Waals surface area contributed by atoms with Crippen LogP contribution in [0.25, 0.3) is 0 Å². The Morgan fingerprint density at radius 1 is 1.10 bits per heavy atom. The number of sulfonamides is 1. The summed E-state index contributed by atoms with van der Waals surface area (Å²) in [6, 6.07) is 15.2. The van der Waals surface area contributed by atoms with Gasteiger partial charge in [0.05, 0.1) is 4.90 Å². The van der Waals surface area contributed by atoms with Gasteiger partial charge in [0, 0.05) is 31.6 Å². The molecule has 1 fully saturated rings.